The van der Waals surface area contributed by atoms with Gasteiger partial charge in [0, 0.05) is 33.0 Å². The predicted octanol–water partition coefficient (Wildman–Crippen LogP) is 0.732. The number of carbonyl (C=O) groups is 3. The van der Waals surface area contributed by atoms with Gasteiger partial charge in [0.1, 0.15) is 12.3 Å². The Morgan fingerprint density at radius 3 is 2.64 bits per heavy atom. The lowest BCUT2D eigenvalue weighted by Crippen LogP contribution is -2.62. The quantitative estimate of drug-likeness (QED) is 0.872. The third-order valence-corrected chi connectivity index (χ3v) is 4.16. The number of carbonyl (C=O) groups excluding carboxylic acids is 3. The molecule has 1 aromatic rings. The van der Waals surface area contributed by atoms with Crippen molar-refractivity contribution < 1.29 is 19.1 Å². The Bertz CT molecular complexity index is 698. The summed E-state index contributed by atoms with van der Waals surface area (Å²) in [6.45, 7) is 1.03. The molecule has 0 aromatic heterocycles. The summed E-state index contributed by atoms with van der Waals surface area (Å²) in [5, 5.41) is 7.94. The SMILES string of the molecule is CN1N=C(C(=O)N2CC(NC(=O)OCc3ccccc3)C2)CCC1=O. The lowest BCUT2D eigenvalue weighted by atomic mass is 10.1. The van der Waals surface area contributed by atoms with E-state index in [2.05, 4.69) is 10.4 Å². The monoisotopic (exact) mass is 344 g/mol. The van der Waals surface area contributed by atoms with Crippen LogP contribution in [0.25, 0.3) is 0 Å². The molecule has 1 aromatic carbocycles. The lowest BCUT2D eigenvalue weighted by molar-refractivity contribution is -0.131. The molecule has 25 heavy (non-hydrogen) atoms. The van der Waals surface area contributed by atoms with Crippen LogP contribution in [0.3, 0.4) is 0 Å². The molecule has 0 aliphatic carbocycles. The molecule has 1 N–H and O–H groups in total. The maximum absolute atomic E-state index is 12.3. The number of nitrogens with zero attached hydrogens (tertiary/aromatic N) is 3. The van der Waals surface area contributed by atoms with E-state index in [1.165, 1.54) is 12.1 Å². The fourth-order valence-electron chi connectivity index (χ4n) is 2.67. The maximum Gasteiger partial charge on any atom is 0.407 e. The number of amides is 3. The highest BCUT2D eigenvalue weighted by molar-refractivity contribution is 6.39. The van der Waals surface area contributed by atoms with E-state index in [1.54, 1.807) is 4.90 Å². The Kier molecular flexibility index (Phi) is 4.97. The van der Waals surface area contributed by atoms with Crippen LogP contribution in [0.5, 0.6) is 0 Å². The molecule has 2 aliphatic rings. The minimum atomic E-state index is -0.499. The zero-order valence-electron chi connectivity index (χ0n) is 14.0. The molecule has 1 saturated heterocycles. The highest BCUT2D eigenvalue weighted by Gasteiger charge is 2.35. The second-order valence-corrected chi connectivity index (χ2v) is 6.08. The van der Waals surface area contributed by atoms with Crippen molar-refractivity contribution in [3.05, 3.63) is 35.9 Å². The van der Waals surface area contributed by atoms with Gasteiger partial charge in [0.2, 0.25) is 5.91 Å². The summed E-state index contributed by atoms with van der Waals surface area (Å²) in [5.41, 5.74) is 1.30. The second kappa shape index (κ2) is 7.33. The van der Waals surface area contributed by atoms with Gasteiger partial charge in [0.15, 0.2) is 0 Å². The fourth-order valence-corrected chi connectivity index (χ4v) is 2.67. The van der Waals surface area contributed by atoms with E-state index in [9.17, 15) is 14.4 Å². The van der Waals surface area contributed by atoms with Gasteiger partial charge in [-0.2, -0.15) is 5.10 Å². The number of benzene rings is 1. The van der Waals surface area contributed by atoms with E-state index >= 15 is 0 Å². The van der Waals surface area contributed by atoms with E-state index in [0.717, 1.165) is 5.56 Å². The summed E-state index contributed by atoms with van der Waals surface area (Å²) in [4.78, 5) is 37.0. The standard InChI is InChI=1S/C17H20N4O4/c1-20-15(22)8-7-14(19-20)16(23)21-9-13(10-21)18-17(24)25-11-12-5-3-2-4-6-12/h2-6,13H,7-11H2,1H3,(H,18,24). The van der Waals surface area contributed by atoms with Crippen molar-refractivity contribution >= 4 is 23.6 Å². The van der Waals surface area contributed by atoms with Crippen LogP contribution in [0.4, 0.5) is 4.79 Å². The summed E-state index contributed by atoms with van der Waals surface area (Å²) < 4.78 is 5.15. The zero-order valence-corrected chi connectivity index (χ0v) is 14.0. The summed E-state index contributed by atoms with van der Waals surface area (Å²) in [7, 11) is 1.54. The third kappa shape index (κ3) is 4.14. The average Bonchev–Trinajstić information content (AvgIpc) is 2.58. The number of ether oxygens (including phenoxy) is 1. The van der Waals surface area contributed by atoms with Gasteiger partial charge in [-0.3, -0.25) is 9.59 Å². The van der Waals surface area contributed by atoms with Gasteiger partial charge < -0.3 is 15.0 Å². The third-order valence-electron chi connectivity index (χ3n) is 4.16. The summed E-state index contributed by atoms with van der Waals surface area (Å²) >= 11 is 0. The summed E-state index contributed by atoms with van der Waals surface area (Å²) in [6.07, 6.45) is 0.152. The lowest BCUT2D eigenvalue weighted by Gasteiger charge is -2.39. The summed E-state index contributed by atoms with van der Waals surface area (Å²) in [5.74, 6) is -0.282. The minimum Gasteiger partial charge on any atom is -0.445 e. The molecule has 3 rings (SSSR count). The molecule has 0 radical (unpaired) electrons. The number of hydrogen-bond donors (Lipinski definition) is 1. The number of alkyl carbamates (subject to hydrolysis) is 1. The van der Waals surface area contributed by atoms with Crippen molar-refractivity contribution in [2.45, 2.75) is 25.5 Å². The average molecular weight is 344 g/mol. The van der Waals surface area contributed by atoms with E-state index < -0.39 is 6.09 Å². The second-order valence-electron chi connectivity index (χ2n) is 6.08. The van der Waals surface area contributed by atoms with Crippen molar-refractivity contribution in [3.8, 4) is 0 Å². The van der Waals surface area contributed by atoms with E-state index in [-0.39, 0.29) is 24.5 Å². The van der Waals surface area contributed by atoms with Crippen molar-refractivity contribution in [1.29, 1.82) is 0 Å². The van der Waals surface area contributed by atoms with Gasteiger partial charge in [-0.15, -0.1) is 0 Å². The van der Waals surface area contributed by atoms with E-state index in [0.29, 0.717) is 31.6 Å². The first-order valence-electron chi connectivity index (χ1n) is 8.13. The zero-order chi connectivity index (χ0) is 17.8. The number of rotatable bonds is 4. The molecule has 0 atom stereocenters. The molecule has 2 aliphatic heterocycles. The fraction of sp³-hybridized carbons (Fsp3) is 0.412. The molecular formula is C17H20N4O4. The predicted molar refractivity (Wildman–Crippen MR) is 89.6 cm³/mol. The van der Waals surface area contributed by atoms with E-state index in [4.69, 9.17) is 4.74 Å². The Labute approximate surface area is 145 Å². The van der Waals surface area contributed by atoms with Gasteiger partial charge in [-0.1, -0.05) is 30.3 Å². The molecular weight excluding hydrogens is 324 g/mol. The van der Waals surface area contributed by atoms with Crippen LogP contribution < -0.4 is 5.32 Å². The molecule has 3 amide bonds. The topological polar surface area (TPSA) is 91.3 Å². The van der Waals surface area contributed by atoms with Crippen molar-refractivity contribution in [3.63, 3.8) is 0 Å². The van der Waals surface area contributed by atoms with Crippen LogP contribution in [-0.2, 0) is 20.9 Å². The van der Waals surface area contributed by atoms with Crippen LogP contribution in [0.15, 0.2) is 35.4 Å². The van der Waals surface area contributed by atoms with Gasteiger partial charge in [-0.05, 0) is 5.56 Å². The number of hydrogen-bond acceptors (Lipinski definition) is 5. The number of nitrogens with one attached hydrogen (secondary N) is 1. The van der Waals surface area contributed by atoms with Gasteiger partial charge >= 0.3 is 6.09 Å². The van der Waals surface area contributed by atoms with Crippen LogP contribution in [0.2, 0.25) is 0 Å². The first-order valence-corrected chi connectivity index (χ1v) is 8.13. The maximum atomic E-state index is 12.3. The summed E-state index contributed by atoms with van der Waals surface area (Å²) in [6, 6.07) is 9.28. The molecule has 2 heterocycles. The first-order chi connectivity index (χ1) is 12.0. The normalized spacial score (nSPS) is 17.6. The number of likely N-dealkylation sites (tertiary alicyclic amines) is 1. The highest BCUT2D eigenvalue weighted by Crippen LogP contribution is 2.14. The van der Waals surface area contributed by atoms with Crippen LogP contribution in [-0.4, -0.2) is 59.7 Å². The molecule has 8 nitrogen and oxygen atoms in total. The minimum absolute atomic E-state index is 0.0964. The first kappa shape index (κ1) is 16.9. The Morgan fingerprint density at radius 1 is 1.24 bits per heavy atom. The molecule has 1 fully saturated rings. The van der Waals surface area contributed by atoms with Crippen LogP contribution in [0, 0.1) is 0 Å². The highest BCUT2D eigenvalue weighted by atomic mass is 16.5. The molecule has 132 valence electrons. The number of hydrazone groups is 1. The van der Waals surface area contributed by atoms with Gasteiger partial charge in [-0.25, -0.2) is 9.80 Å². The molecule has 0 unspecified atom stereocenters. The van der Waals surface area contributed by atoms with Gasteiger partial charge in [0.25, 0.3) is 5.91 Å². The van der Waals surface area contributed by atoms with Crippen LogP contribution in [0.1, 0.15) is 18.4 Å². The smallest absolute Gasteiger partial charge is 0.407 e. The van der Waals surface area contributed by atoms with E-state index in [1.807, 2.05) is 30.3 Å². The Morgan fingerprint density at radius 2 is 1.96 bits per heavy atom. The van der Waals surface area contributed by atoms with Gasteiger partial charge in [0.05, 0.1) is 6.04 Å². The molecule has 0 spiro atoms. The van der Waals surface area contributed by atoms with Crippen molar-refractivity contribution in [1.82, 2.24) is 15.2 Å². The molecule has 8 heteroatoms. The molecule has 0 bridgehead atoms. The van der Waals surface area contributed by atoms with Crippen LogP contribution >= 0.6 is 0 Å². The molecule has 0 saturated carbocycles. The Hall–Kier alpha value is -2.90. The van der Waals surface area contributed by atoms with Crippen molar-refractivity contribution in [2.24, 2.45) is 5.10 Å². The largest absolute Gasteiger partial charge is 0.445 e. The Balaban J connectivity index is 1.40. The van der Waals surface area contributed by atoms with Crippen molar-refractivity contribution in [2.75, 3.05) is 20.1 Å².